The van der Waals surface area contributed by atoms with Crippen molar-refractivity contribution in [3.63, 3.8) is 0 Å². The number of likely N-dealkylation sites (tertiary alicyclic amines) is 1. The van der Waals surface area contributed by atoms with Gasteiger partial charge in [-0.15, -0.1) is 0 Å². The SMILES string of the molecule is O=C(C(=O)N1CCc2ccccc2C1)N1CCCC1. The number of benzene rings is 1. The Morgan fingerprint density at radius 1 is 0.842 bits per heavy atom. The van der Waals surface area contributed by atoms with Gasteiger partial charge in [-0.25, -0.2) is 0 Å². The third-order valence-electron chi connectivity index (χ3n) is 3.99. The van der Waals surface area contributed by atoms with Gasteiger partial charge >= 0.3 is 11.8 Å². The van der Waals surface area contributed by atoms with Crippen LogP contribution < -0.4 is 0 Å². The molecule has 100 valence electrons. The molecule has 0 radical (unpaired) electrons. The summed E-state index contributed by atoms with van der Waals surface area (Å²) >= 11 is 0. The summed E-state index contributed by atoms with van der Waals surface area (Å²) in [6, 6.07) is 8.13. The van der Waals surface area contributed by atoms with Gasteiger partial charge in [-0.05, 0) is 30.4 Å². The lowest BCUT2D eigenvalue weighted by atomic mass is 10.00. The van der Waals surface area contributed by atoms with E-state index < -0.39 is 0 Å². The molecule has 4 nitrogen and oxygen atoms in total. The Balaban J connectivity index is 1.70. The van der Waals surface area contributed by atoms with Crippen LogP contribution in [0.1, 0.15) is 24.0 Å². The van der Waals surface area contributed by atoms with Gasteiger partial charge in [-0.3, -0.25) is 9.59 Å². The predicted molar refractivity (Wildman–Crippen MR) is 71.4 cm³/mol. The van der Waals surface area contributed by atoms with E-state index in [2.05, 4.69) is 6.07 Å². The maximum Gasteiger partial charge on any atom is 0.312 e. The van der Waals surface area contributed by atoms with Gasteiger partial charge in [0.2, 0.25) is 0 Å². The van der Waals surface area contributed by atoms with Crippen LogP contribution in [0.2, 0.25) is 0 Å². The minimum Gasteiger partial charge on any atom is -0.334 e. The Hall–Kier alpha value is -1.84. The van der Waals surface area contributed by atoms with E-state index >= 15 is 0 Å². The van der Waals surface area contributed by atoms with Crippen molar-refractivity contribution < 1.29 is 9.59 Å². The lowest BCUT2D eigenvalue weighted by Gasteiger charge is -2.29. The Bertz CT molecular complexity index is 507. The van der Waals surface area contributed by atoms with E-state index in [0.717, 1.165) is 37.9 Å². The molecule has 0 bridgehead atoms. The molecule has 2 aliphatic rings. The van der Waals surface area contributed by atoms with Gasteiger partial charge in [-0.2, -0.15) is 0 Å². The van der Waals surface area contributed by atoms with Gasteiger partial charge in [0.15, 0.2) is 0 Å². The van der Waals surface area contributed by atoms with E-state index in [1.54, 1.807) is 9.80 Å². The first-order valence-corrected chi connectivity index (χ1v) is 6.90. The Morgan fingerprint density at radius 3 is 2.21 bits per heavy atom. The van der Waals surface area contributed by atoms with Crippen LogP contribution in [0.25, 0.3) is 0 Å². The normalized spacial score (nSPS) is 18.3. The molecule has 2 aliphatic heterocycles. The molecule has 0 spiro atoms. The topological polar surface area (TPSA) is 40.6 Å². The molecule has 0 N–H and O–H groups in total. The van der Waals surface area contributed by atoms with Gasteiger partial charge < -0.3 is 9.80 Å². The Labute approximate surface area is 113 Å². The van der Waals surface area contributed by atoms with Crippen LogP contribution in [0, 0.1) is 0 Å². The van der Waals surface area contributed by atoms with Crippen LogP contribution in [0.5, 0.6) is 0 Å². The first-order valence-electron chi connectivity index (χ1n) is 6.90. The highest BCUT2D eigenvalue weighted by Crippen LogP contribution is 2.19. The molecule has 0 unspecified atom stereocenters. The maximum atomic E-state index is 12.2. The smallest absolute Gasteiger partial charge is 0.312 e. The molecule has 2 heterocycles. The summed E-state index contributed by atoms with van der Waals surface area (Å²) in [5.41, 5.74) is 2.46. The molecule has 19 heavy (non-hydrogen) atoms. The van der Waals surface area contributed by atoms with Crippen LogP contribution >= 0.6 is 0 Å². The molecule has 1 aromatic carbocycles. The summed E-state index contributed by atoms with van der Waals surface area (Å²) in [5, 5.41) is 0. The number of carbonyl (C=O) groups excluding carboxylic acids is 2. The van der Waals surface area contributed by atoms with E-state index in [9.17, 15) is 9.59 Å². The van der Waals surface area contributed by atoms with Crippen molar-refractivity contribution in [2.45, 2.75) is 25.8 Å². The molecule has 2 amide bonds. The largest absolute Gasteiger partial charge is 0.334 e. The summed E-state index contributed by atoms with van der Waals surface area (Å²) in [6.07, 6.45) is 2.87. The van der Waals surface area contributed by atoms with Crippen LogP contribution in [0.4, 0.5) is 0 Å². The minimum atomic E-state index is -0.337. The number of amides is 2. The zero-order valence-corrected chi connectivity index (χ0v) is 11.0. The lowest BCUT2D eigenvalue weighted by Crippen LogP contribution is -2.46. The minimum absolute atomic E-state index is 0.322. The van der Waals surface area contributed by atoms with Gasteiger partial charge in [0.05, 0.1) is 0 Å². The van der Waals surface area contributed by atoms with Gasteiger partial charge in [-0.1, -0.05) is 24.3 Å². The molecule has 1 fully saturated rings. The number of hydrogen-bond donors (Lipinski definition) is 0. The highest BCUT2D eigenvalue weighted by atomic mass is 16.2. The number of carbonyl (C=O) groups is 2. The molecular weight excluding hydrogens is 240 g/mol. The fourth-order valence-electron chi connectivity index (χ4n) is 2.86. The zero-order chi connectivity index (χ0) is 13.2. The fourth-order valence-corrected chi connectivity index (χ4v) is 2.86. The number of fused-ring (bicyclic) bond motifs is 1. The van der Waals surface area contributed by atoms with Crippen LogP contribution in [0.3, 0.4) is 0 Å². The van der Waals surface area contributed by atoms with Crippen molar-refractivity contribution >= 4 is 11.8 Å². The van der Waals surface area contributed by atoms with E-state index in [4.69, 9.17) is 0 Å². The molecule has 4 heteroatoms. The zero-order valence-electron chi connectivity index (χ0n) is 11.0. The monoisotopic (exact) mass is 258 g/mol. The summed E-state index contributed by atoms with van der Waals surface area (Å²) < 4.78 is 0. The Kier molecular flexibility index (Phi) is 3.23. The number of hydrogen-bond acceptors (Lipinski definition) is 2. The quantitative estimate of drug-likeness (QED) is 0.656. The average molecular weight is 258 g/mol. The van der Waals surface area contributed by atoms with Gasteiger partial charge in [0.25, 0.3) is 0 Å². The summed E-state index contributed by atoms with van der Waals surface area (Å²) in [5.74, 6) is -0.659. The van der Waals surface area contributed by atoms with Crippen molar-refractivity contribution in [1.29, 1.82) is 0 Å². The second-order valence-corrected chi connectivity index (χ2v) is 5.24. The molecule has 0 aromatic heterocycles. The van der Waals surface area contributed by atoms with Crippen LogP contribution in [0.15, 0.2) is 24.3 Å². The van der Waals surface area contributed by atoms with Crippen molar-refractivity contribution in [3.05, 3.63) is 35.4 Å². The van der Waals surface area contributed by atoms with Crippen LogP contribution in [-0.4, -0.2) is 41.2 Å². The second-order valence-electron chi connectivity index (χ2n) is 5.24. The highest BCUT2D eigenvalue weighted by molar-refractivity contribution is 6.34. The second kappa shape index (κ2) is 5.03. The summed E-state index contributed by atoms with van der Waals surface area (Å²) in [4.78, 5) is 27.7. The van der Waals surface area contributed by atoms with Crippen molar-refractivity contribution in [2.24, 2.45) is 0 Å². The lowest BCUT2D eigenvalue weighted by molar-refractivity contribution is -0.151. The number of nitrogens with zero attached hydrogens (tertiary/aromatic N) is 2. The first kappa shape index (κ1) is 12.2. The van der Waals surface area contributed by atoms with Gasteiger partial charge in [0, 0.05) is 26.2 Å². The van der Waals surface area contributed by atoms with E-state index in [1.807, 2.05) is 18.2 Å². The van der Waals surface area contributed by atoms with E-state index in [1.165, 1.54) is 5.56 Å². The van der Waals surface area contributed by atoms with E-state index in [0.29, 0.717) is 13.1 Å². The summed E-state index contributed by atoms with van der Waals surface area (Å²) in [6.45, 7) is 2.67. The standard InChI is InChI=1S/C15H18N2O2/c18-14(16-8-3-4-9-16)15(19)17-10-7-12-5-1-2-6-13(12)11-17/h1-2,5-6H,3-4,7-11H2. The van der Waals surface area contributed by atoms with Crippen molar-refractivity contribution in [2.75, 3.05) is 19.6 Å². The van der Waals surface area contributed by atoms with Crippen molar-refractivity contribution in [3.8, 4) is 0 Å². The molecule has 3 rings (SSSR count). The summed E-state index contributed by atoms with van der Waals surface area (Å²) in [7, 11) is 0. The molecular formula is C15H18N2O2. The third kappa shape index (κ3) is 2.35. The molecule has 1 aromatic rings. The average Bonchev–Trinajstić information content (AvgIpc) is 2.99. The third-order valence-corrected chi connectivity index (χ3v) is 3.99. The molecule has 0 atom stereocenters. The molecule has 0 aliphatic carbocycles. The Morgan fingerprint density at radius 2 is 1.47 bits per heavy atom. The molecule has 0 saturated carbocycles. The highest BCUT2D eigenvalue weighted by Gasteiger charge is 2.30. The number of rotatable bonds is 0. The predicted octanol–water partition coefficient (Wildman–Crippen LogP) is 1.19. The first-order chi connectivity index (χ1) is 9.25. The fraction of sp³-hybridized carbons (Fsp3) is 0.467. The van der Waals surface area contributed by atoms with Crippen molar-refractivity contribution in [1.82, 2.24) is 9.80 Å². The molecule has 1 saturated heterocycles. The van der Waals surface area contributed by atoms with Gasteiger partial charge in [0.1, 0.15) is 0 Å². The maximum absolute atomic E-state index is 12.2. The van der Waals surface area contributed by atoms with E-state index in [-0.39, 0.29) is 11.8 Å². The van der Waals surface area contributed by atoms with Crippen LogP contribution in [-0.2, 0) is 22.6 Å².